The van der Waals surface area contributed by atoms with E-state index in [4.69, 9.17) is 5.73 Å². The number of carbonyl (C=O) groups excluding carboxylic acids is 2. The summed E-state index contributed by atoms with van der Waals surface area (Å²) in [5.41, 5.74) is 7.38. The number of amides is 3. The third kappa shape index (κ3) is 5.47. The Kier molecular flexibility index (Phi) is 7.61. The van der Waals surface area contributed by atoms with E-state index in [9.17, 15) is 9.59 Å². The van der Waals surface area contributed by atoms with E-state index in [-0.39, 0.29) is 24.3 Å². The number of hydrogen-bond acceptors (Lipinski definition) is 3. The van der Waals surface area contributed by atoms with Gasteiger partial charge in [-0.2, -0.15) is 0 Å². The summed E-state index contributed by atoms with van der Waals surface area (Å²) in [5, 5.41) is 5.63. The first-order valence-corrected chi connectivity index (χ1v) is 8.00. The summed E-state index contributed by atoms with van der Waals surface area (Å²) in [6, 6.07) is 16.4. The molecule has 0 aliphatic carbocycles. The van der Waals surface area contributed by atoms with Gasteiger partial charge in [0.1, 0.15) is 5.54 Å². The summed E-state index contributed by atoms with van der Waals surface area (Å²) in [7, 11) is 3.34. The van der Waals surface area contributed by atoms with Gasteiger partial charge < -0.3 is 21.3 Å². The van der Waals surface area contributed by atoms with E-state index in [2.05, 4.69) is 10.6 Å². The number of carbonyl (C=O) groups is 2. The van der Waals surface area contributed by atoms with Crippen LogP contribution in [0.15, 0.2) is 54.6 Å². The van der Waals surface area contributed by atoms with Gasteiger partial charge >= 0.3 is 6.03 Å². The van der Waals surface area contributed by atoms with Crippen LogP contribution in [0.2, 0.25) is 0 Å². The maximum atomic E-state index is 12.5. The lowest BCUT2D eigenvalue weighted by Gasteiger charge is -2.24. The molecule has 0 aliphatic rings. The average molecular weight is 377 g/mol. The van der Waals surface area contributed by atoms with Gasteiger partial charge in [0.05, 0.1) is 0 Å². The van der Waals surface area contributed by atoms with E-state index in [0.717, 1.165) is 11.1 Å². The van der Waals surface area contributed by atoms with Gasteiger partial charge in [-0.25, -0.2) is 4.79 Å². The number of nitrogens with zero attached hydrogens (tertiary/aromatic N) is 1. The van der Waals surface area contributed by atoms with Crippen LogP contribution < -0.4 is 16.4 Å². The molecule has 0 aromatic heterocycles. The molecular formula is C19H25ClN4O2. The number of urea groups is 1. The minimum Gasteiger partial charge on any atom is -0.350 e. The Bertz CT molecular complexity index is 748. The molecule has 3 amide bonds. The summed E-state index contributed by atoms with van der Waals surface area (Å²) in [6.45, 7) is 2.01. The van der Waals surface area contributed by atoms with Crippen molar-refractivity contribution in [3.8, 4) is 0 Å². The van der Waals surface area contributed by atoms with Crippen molar-refractivity contribution in [1.29, 1.82) is 0 Å². The van der Waals surface area contributed by atoms with Gasteiger partial charge in [0.2, 0.25) is 5.91 Å². The highest BCUT2D eigenvalue weighted by Gasteiger charge is 2.29. The maximum Gasteiger partial charge on any atom is 0.321 e. The minimum atomic E-state index is -1.11. The van der Waals surface area contributed by atoms with Crippen LogP contribution in [0.1, 0.15) is 18.1 Å². The third-order valence-electron chi connectivity index (χ3n) is 3.88. The van der Waals surface area contributed by atoms with Gasteiger partial charge in [-0.05, 0) is 30.2 Å². The molecule has 2 rings (SSSR count). The minimum absolute atomic E-state index is 0. The Morgan fingerprint density at radius 1 is 1.08 bits per heavy atom. The summed E-state index contributed by atoms with van der Waals surface area (Å²) in [4.78, 5) is 25.6. The van der Waals surface area contributed by atoms with Crippen LogP contribution in [0.5, 0.6) is 0 Å². The maximum absolute atomic E-state index is 12.5. The van der Waals surface area contributed by atoms with Crippen LogP contribution in [0.25, 0.3) is 0 Å². The number of nitrogens with two attached hydrogens (primary N) is 1. The molecular weight excluding hydrogens is 352 g/mol. The van der Waals surface area contributed by atoms with E-state index in [1.165, 1.54) is 4.90 Å². The monoisotopic (exact) mass is 376 g/mol. The van der Waals surface area contributed by atoms with Crippen molar-refractivity contribution in [1.82, 2.24) is 10.2 Å². The van der Waals surface area contributed by atoms with Gasteiger partial charge in [0, 0.05) is 26.3 Å². The van der Waals surface area contributed by atoms with Gasteiger partial charge in [-0.3, -0.25) is 4.79 Å². The molecule has 0 saturated heterocycles. The molecule has 2 aromatic carbocycles. The molecule has 26 heavy (non-hydrogen) atoms. The Morgan fingerprint density at radius 2 is 1.73 bits per heavy atom. The van der Waals surface area contributed by atoms with Crippen molar-refractivity contribution >= 4 is 30.0 Å². The number of nitrogens with one attached hydrogen (secondary N) is 2. The van der Waals surface area contributed by atoms with Crippen LogP contribution in [-0.4, -0.2) is 30.9 Å². The third-order valence-corrected chi connectivity index (χ3v) is 3.88. The highest BCUT2D eigenvalue weighted by Crippen LogP contribution is 2.18. The highest BCUT2D eigenvalue weighted by molar-refractivity contribution is 5.89. The summed E-state index contributed by atoms with van der Waals surface area (Å²) in [6.07, 6.45) is 0. The first-order chi connectivity index (χ1) is 11.8. The van der Waals surface area contributed by atoms with Crippen molar-refractivity contribution in [2.24, 2.45) is 5.73 Å². The van der Waals surface area contributed by atoms with Crippen LogP contribution in [0.4, 0.5) is 10.5 Å². The van der Waals surface area contributed by atoms with E-state index < -0.39 is 5.54 Å². The molecule has 0 fully saturated rings. The zero-order valence-electron chi connectivity index (χ0n) is 15.2. The van der Waals surface area contributed by atoms with Crippen LogP contribution >= 0.6 is 12.4 Å². The summed E-state index contributed by atoms with van der Waals surface area (Å²) < 4.78 is 0. The number of rotatable bonds is 5. The zero-order chi connectivity index (χ0) is 18.4. The lowest BCUT2D eigenvalue weighted by atomic mass is 9.92. The topological polar surface area (TPSA) is 87.5 Å². The molecule has 4 N–H and O–H groups in total. The Morgan fingerprint density at radius 3 is 2.35 bits per heavy atom. The fraction of sp³-hybridized carbons (Fsp3) is 0.263. The van der Waals surface area contributed by atoms with Gasteiger partial charge in [-0.15, -0.1) is 12.4 Å². The first kappa shape index (κ1) is 21.5. The molecule has 0 bridgehead atoms. The van der Waals surface area contributed by atoms with Crippen molar-refractivity contribution in [3.05, 3.63) is 65.7 Å². The number of halogens is 1. The van der Waals surface area contributed by atoms with Gasteiger partial charge in [0.25, 0.3) is 0 Å². The Labute approximate surface area is 160 Å². The molecule has 7 heteroatoms. The lowest BCUT2D eigenvalue weighted by Crippen LogP contribution is -2.48. The second-order valence-corrected chi connectivity index (χ2v) is 6.28. The highest BCUT2D eigenvalue weighted by atomic mass is 35.5. The van der Waals surface area contributed by atoms with E-state index in [0.29, 0.717) is 12.2 Å². The fourth-order valence-corrected chi connectivity index (χ4v) is 2.28. The lowest BCUT2D eigenvalue weighted by molar-refractivity contribution is -0.126. The molecule has 1 atom stereocenters. The summed E-state index contributed by atoms with van der Waals surface area (Å²) >= 11 is 0. The van der Waals surface area contributed by atoms with Crippen molar-refractivity contribution in [2.75, 3.05) is 19.4 Å². The molecule has 0 saturated carbocycles. The van der Waals surface area contributed by atoms with Crippen LogP contribution in [0.3, 0.4) is 0 Å². The molecule has 0 spiro atoms. The normalized spacial score (nSPS) is 12.3. The van der Waals surface area contributed by atoms with Crippen molar-refractivity contribution < 1.29 is 9.59 Å². The molecule has 0 aliphatic heterocycles. The average Bonchev–Trinajstić information content (AvgIpc) is 2.60. The predicted octanol–water partition coefficient (Wildman–Crippen LogP) is 2.69. The van der Waals surface area contributed by atoms with Crippen molar-refractivity contribution in [3.63, 3.8) is 0 Å². The quantitative estimate of drug-likeness (QED) is 0.749. The van der Waals surface area contributed by atoms with E-state index >= 15 is 0 Å². The second kappa shape index (κ2) is 9.22. The molecule has 1 unspecified atom stereocenters. The Balaban J connectivity index is 0.00000338. The molecule has 6 nitrogen and oxygen atoms in total. The zero-order valence-corrected chi connectivity index (χ0v) is 16.0. The van der Waals surface area contributed by atoms with E-state index in [1.54, 1.807) is 27.1 Å². The van der Waals surface area contributed by atoms with E-state index in [1.807, 2.05) is 48.5 Å². The largest absolute Gasteiger partial charge is 0.350 e. The van der Waals surface area contributed by atoms with Gasteiger partial charge in [0.15, 0.2) is 0 Å². The number of hydrogen-bond donors (Lipinski definition) is 3. The number of benzene rings is 2. The smallest absolute Gasteiger partial charge is 0.321 e. The number of anilines is 1. The van der Waals surface area contributed by atoms with Crippen LogP contribution in [0, 0.1) is 0 Å². The predicted molar refractivity (Wildman–Crippen MR) is 106 cm³/mol. The first-order valence-electron chi connectivity index (χ1n) is 8.00. The molecule has 0 heterocycles. The fourth-order valence-electron chi connectivity index (χ4n) is 2.28. The van der Waals surface area contributed by atoms with Gasteiger partial charge in [-0.1, -0.05) is 42.5 Å². The van der Waals surface area contributed by atoms with Crippen LogP contribution in [-0.2, 0) is 16.9 Å². The second-order valence-electron chi connectivity index (χ2n) is 6.28. The molecule has 140 valence electrons. The molecule has 2 aromatic rings. The Hall–Kier alpha value is -2.57. The summed E-state index contributed by atoms with van der Waals surface area (Å²) in [5.74, 6) is -0.263. The SMILES string of the molecule is CN(C)C(=O)Nc1cccc(CNC(=O)C(C)(N)c2ccccc2)c1.Cl. The molecule has 0 radical (unpaired) electrons. The standard InChI is InChI=1S/C19H24N4O2.ClH/c1-19(20,15-9-5-4-6-10-15)17(24)21-13-14-8-7-11-16(12-14)22-18(25)23(2)3;/h4-12H,13,20H2,1-3H3,(H,21,24)(H,22,25);1H. The van der Waals surface area contributed by atoms with Crippen molar-refractivity contribution in [2.45, 2.75) is 19.0 Å².